The topological polar surface area (TPSA) is 79.0 Å². The molecule has 1 aliphatic carbocycles. The molecule has 1 N–H and O–H groups in total. The number of amides is 1. The molecule has 2 aromatic carbocycles. The molecule has 7 nitrogen and oxygen atoms in total. The van der Waals surface area contributed by atoms with E-state index in [1.807, 2.05) is 0 Å². The van der Waals surface area contributed by atoms with Crippen molar-refractivity contribution in [1.29, 1.82) is 0 Å². The molecule has 0 bridgehead atoms. The molecule has 1 heterocycles. The first-order valence-electron chi connectivity index (χ1n) is 13.9. The van der Waals surface area contributed by atoms with E-state index in [1.54, 1.807) is 0 Å². The van der Waals surface area contributed by atoms with Gasteiger partial charge in [-0.25, -0.2) is 8.42 Å². The van der Waals surface area contributed by atoms with Crippen LogP contribution in [0.15, 0.2) is 47.4 Å². The molecule has 1 saturated carbocycles. The van der Waals surface area contributed by atoms with Gasteiger partial charge < -0.3 is 10.1 Å². The third kappa shape index (κ3) is 8.12. The molecule has 1 atom stereocenters. The highest BCUT2D eigenvalue weighted by Gasteiger charge is 2.33. The van der Waals surface area contributed by atoms with Gasteiger partial charge in [0.25, 0.3) is 0 Å². The van der Waals surface area contributed by atoms with Crippen LogP contribution in [0.4, 0.5) is 0 Å². The second kappa shape index (κ2) is 14.7. The maximum Gasteiger partial charge on any atom is 0.246 e. The van der Waals surface area contributed by atoms with Gasteiger partial charge in [-0.3, -0.25) is 9.69 Å². The van der Waals surface area contributed by atoms with Crippen molar-refractivity contribution in [2.24, 2.45) is 11.8 Å². The molecule has 1 amide bonds. The predicted molar refractivity (Wildman–Crippen MR) is 161 cm³/mol. The van der Waals surface area contributed by atoms with Gasteiger partial charge in [0.1, 0.15) is 11.5 Å². The normalized spacial score (nSPS) is 21.0. The molecule has 220 valence electrons. The number of hydrogen-bond acceptors (Lipinski definition) is 5. The van der Waals surface area contributed by atoms with E-state index >= 15 is 0 Å². The Morgan fingerprint density at radius 3 is 2.30 bits per heavy atom. The van der Waals surface area contributed by atoms with E-state index in [2.05, 4.69) is 40.5 Å². The Morgan fingerprint density at radius 1 is 1.05 bits per heavy atom. The minimum Gasteiger partial charge on any atom is -0.370 e. The van der Waals surface area contributed by atoms with Gasteiger partial charge >= 0.3 is 0 Å². The molecule has 11 heteroatoms. The van der Waals surface area contributed by atoms with Crippen LogP contribution < -0.4 is 5.32 Å². The lowest BCUT2D eigenvalue weighted by molar-refractivity contribution is -0.126. The Labute approximate surface area is 253 Å². The summed E-state index contributed by atoms with van der Waals surface area (Å²) >= 11 is 18.1. The van der Waals surface area contributed by atoms with Crippen molar-refractivity contribution in [3.05, 3.63) is 63.1 Å². The van der Waals surface area contributed by atoms with E-state index in [0.29, 0.717) is 24.4 Å². The number of rotatable bonds is 12. The summed E-state index contributed by atoms with van der Waals surface area (Å²) in [5, 5.41) is 3.14. The van der Waals surface area contributed by atoms with E-state index in [4.69, 9.17) is 39.5 Å². The first kappa shape index (κ1) is 31.5. The summed E-state index contributed by atoms with van der Waals surface area (Å²) in [5.74, 6) is 0.901. The van der Waals surface area contributed by atoms with Crippen LogP contribution >= 0.6 is 34.8 Å². The third-order valence-electron chi connectivity index (χ3n) is 8.02. The average molecular weight is 631 g/mol. The number of sulfonamides is 1. The average Bonchev–Trinajstić information content (AvgIpc) is 3.45. The SMILES string of the molecule is CN(CCOCC(=O)NCC1CCC(C(c2ccccc2)N2CCCC2)CC1)S(=O)(=O)c1c(Cl)cc(Cl)cc1Cl. The quantitative estimate of drug-likeness (QED) is 0.289. The number of benzene rings is 2. The number of ether oxygens (including phenoxy) is 1. The number of halogens is 3. The summed E-state index contributed by atoms with van der Waals surface area (Å²) in [7, 11) is -2.54. The lowest BCUT2D eigenvalue weighted by atomic mass is 9.76. The molecule has 1 saturated heterocycles. The zero-order valence-corrected chi connectivity index (χ0v) is 25.9. The summed E-state index contributed by atoms with van der Waals surface area (Å²) in [5.41, 5.74) is 1.43. The van der Waals surface area contributed by atoms with Crippen LogP contribution in [0.25, 0.3) is 0 Å². The molecule has 0 aromatic heterocycles. The van der Waals surface area contributed by atoms with Gasteiger partial charge in [0.05, 0.1) is 16.7 Å². The largest absolute Gasteiger partial charge is 0.370 e. The zero-order chi connectivity index (χ0) is 28.7. The maximum absolute atomic E-state index is 12.9. The molecule has 40 heavy (non-hydrogen) atoms. The summed E-state index contributed by atoms with van der Waals surface area (Å²) in [4.78, 5) is 14.8. The van der Waals surface area contributed by atoms with E-state index < -0.39 is 10.0 Å². The number of carbonyl (C=O) groups is 1. The number of nitrogens with zero attached hydrogens (tertiary/aromatic N) is 2. The van der Waals surface area contributed by atoms with E-state index in [-0.39, 0.29) is 45.6 Å². The Bertz CT molecular complexity index is 1210. The minimum absolute atomic E-state index is 0.0362. The van der Waals surface area contributed by atoms with Crippen LogP contribution in [-0.2, 0) is 19.6 Å². The van der Waals surface area contributed by atoms with Crippen LogP contribution in [0.2, 0.25) is 15.1 Å². The molecule has 4 rings (SSSR count). The summed E-state index contributed by atoms with van der Waals surface area (Å²) in [6, 6.07) is 14.1. The number of hydrogen-bond donors (Lipinski definition) is 1. The van der Waals surface area contributed by atoms with Crippen molar-refractivity contribution in [3.8, 4) is 0 Å². The maximum atomic E-state index is 12.9. The Kier molecular flexibility index (Phi) is 11.6. The van der Waals surface area contributed by atoms with Gasteiger partial charge in [-0.2, -0.15) is 4.31 Å². The molecule has 2 fully saturated rings. The Morgan fingerprint density at radius 2 is 1.68 bits per heavy atom. The third-order valence-corrected chi connectivity index (χ3v) is 11.0. The summed E-state index contributed by atoms with van der Waals surface area (Å²) in [6.45, 7) is 2.95. The lowest BCUT2D eigenvalue weighted by Gasteiger charge is -2.39. The number of nitrogens with one attached hydrogen (secondary N) is 1. The van der Waals surface area contributed by atoms with E-state index in [9.17, 15) is 13.2 Å². The van der Waals surface area contributed by atoms with Gasteiger partial charge in [-0.05, 0) is 81.1 Å². The van der Waals surface area contributed by atoms with Crippen LogP contribution in [-0.4, -0.2) is 70.0 Å². The Hall–Kier alpha value is -1.39. The molecule has 1 aliphatic heterocycles. The Balaban J connectivity index is 1.17. The van der Waals surface area contributed by atoms with Gasteiger partial charge in [0.2, 0.25) is 15.9 Å². The van der Waals surface area contributed by atoms with Crippen molar-refractivity contribution in [2.45, 2.75) is 49.5 Å². The highest BCUT2D eigenvalue weighted by molar-refractivity contribution is 7.89. The fourth-order valence-corrected chi connectivity index (χ4v) is 8.52. The van der Waals surface area contributed by atoms with Crippen molar-refractivity contribution in [2.75, 3.05) is 46.4 Å². The molecular formula is C29H38Cl3N3O4S. The second-order valence-electron chi connectivity index (χ2n) is 10.8. The first-order chi connectivity index (χ1) is 19.2. The van der Waals surface area contributed by atoms with Gasteiger partial charge in [0.15, 0.2) is 0 Å². The van der Waals surface area contributed by atoms with Crippen molar-refractivity contribution >= 4 is 50.7 Å². The summed E-state index contributed by atoms with van der Waals surface area (Å²) < 4.78 is 32.3. The van der Waals surface area contributed by atoms with Crippen molar-refractivity contribution < 1.29 is 17.9 Å². The number of likely N-dealkylation sites (N-methyl/N-ethyl adjacent to an activating group) is 1. The monoisotopic (exact) mass is 629 g/mol. The van der Waals surface area contributed by atoms with E-state index in [0.717, 1.165) is 30.0 Å². The summed E-state index contributed by atoms with van der Waals surface area (Å²) in [6.07, 6.45) is 7.09. The molecule has 2 aromatic rings. The first-order valence-corrected chi connectivity index (χ1v) is 16.5. The second-order valence-corrected chi connectivity index (χ2v) is 14.0. The van der Waals surface area contributed by atoms with Gasteiger partial charge in [0, 0.05) is 31.2 Å². The van der Waals surface area contributed by atoms with Crippen molar-refractivity contribution in [1.82, 2.24) is 14.5 Å². The predicted octanol–water partition coefficient (Wildman–Crippen LogP) is 6.04. The molecule has 1 unspecified atom stereocenters. The van der Waals surface area contributed by atoms with E-state index in [1.165, 1.54) is 50.7 Å². The smallest absolute Gasteiger partial charge is 0.246 e. The van der Waals surface area contributed by atoms with Crippen LogP contribution in [0.3, 0.4) is 0 Å². The van der Waals surface area contributed by atoms with Crippen LogP contribution in [0.1, 0.15) is 50.1 Å². The standard InChI is InChI=1S/C29H38Cl3N3O4S/c1-34(40(37,38)29-25(31)17-24(30)18-26(29)32)15-16-39-20-27(36)33-19-21-9-11-23(12-10-21)28(35-13-5-6-14-35)22-7-3-2-4-8-22/h2-4,7-8,17-18,21,23,28H,5-6,9-16,19-20H2,1H3,(H,33,36). The minimum atomic E-state index is -3.95. The zero-order valence-electron chi connectivity index (χ0n) is 22.8. The number of likely N-dealkylation sites (tertiary alicyclic amines) is 1. The molecule has 2 aliphatic rings. The fourth-order valence-electron chi connectivity index (χ4n) is 5.88. The highest BCUT2D eigenvalue weighted by atomic mass is 35.5. The van der Waals surface area contributed by atoms with Gasteiger partial charge in [-0.15, -0.1) is 0 Å². The fraction of sp³-hybridized carbons (Fsp3) is 0.552. The van der Waals surface area contributed by atoms with Crippen LogP contribution in [0.5, 0.6) is 0 Å². The van der Waals surface area contributed by atoms with Gasteiger partial charge in [-0.1, -0.05) is 65.1 Å². The lowest BCUT2D eigenvalue weighted by Crippen LogP contribution is -2.37. The van der Waals surface area contributed by atoms with Crippen LogP contribution in [0, 0.1) is 11.8 Å². The van der Waals surface area contributed by atoms with Crippen molar-refractivity contribution in [3.63, 3.8) is 0 Å². The molecule has 0 radical (unpaired) electrons. The number of carbonyl (C=O) groups excluding carboxylic acids is 1. The highest BCUT2D eigenvalue weighted by Crippen LogP contribution is 2.41. The molecular weight excluding hydrogens is 593 g/mol. The molecule has 0 spiro atoms.